The van der Waals surface area contributed by atoms with Crippen LogP contribution in [0.2, 0.25) is 0 Å². The van der Waals surface area contributed by atoms with Crippen molar-refractivity contribution >= 4 is 39.8 Å². The number of hydrogen-bond acceptors (Lipinski definition) is 6. The quantitative estimate of drug-likeness (QED) is 0.753. The van der Waals surface area contributed by atoms with Gasteiger partial charge in [0.25, 0.3) is 11.7 Å². The number of carbonyl (C=O) groups is 3. The molecular weight excluding hydrogens is 378 g/mol. The fraction of sp³-hybridized carbons (Fsp3) is 0.400. The molecule has 4 rings (SSSR count). The standard InChI is InChI=1S/C20H21N3O4S/c1-27-13-6-7-15-14(11-13)17(24)19(26)23(15)16(10-12-4-2-3-5-12)18(25)22-20-21-8-9-28-20/h6-9,11-12,16H,2-5,10H2,1H3,(H,21,22,25). The van der Waals surface area contributed by atoms with Crippen LogP contribution in [0.4, 0.5) is 10.8 Å². The van der Waals surface area contributed by atoms with E-state index in [1.165, 1.54) is 23.3 Å². The summed E-state index contributed by atoms with van der Waals surface area (Å²) in [5, 5.41) is 5.05. The summed E-state index contributed by atoms with van der Waals surface area (Å²) < 4.78 is 5.18. The first-order chi connectivity index (χ1) is 13.6. The molecule has 0 radical (unpaired) electrons. The van der Waals surface area contributed by atoms with Crippen molar-refractivity contribution in [3.05, 3.63) is 35.3 Å². The molecule has 2 aromatic rings. The largest absolute Gasteiger partial charge is 0.497 e. The van der Waals surface area contributed by atoms with E-state index < -0.39 is 17.7 Å². The van der Waals surface area contributed by atoms with E-state index in [4.69, 9.17) is 4.74 Å². The minimum atomic E-state index is -0.752. The molecule has 0 bridgehead atoms. The van der Waals surface area contributed by atoms with Gasteiger partial charge in [0.2, 0.25) is 5.91 Å². The molecule has 1 aromatic heterocycles. The fourth-order valence-electron chi connectivity index (χ4n) is 4.04. The lowest BCUT2D eigenvalue weighted by atomic mass is 9.96. The van der Waals surface area contributed by atoms with E-state index in [-0.39, 0.29) is 11.5 Å². The first-order valence-corrected chi connectivity index (χ1v) is 10.2. The van der Waals surface area contributed by atoms with Crippen molar-refractivity contribution in [3.8, 4) is 5.75 Å². The Morgan fingerprint density at radius 2 is 2.14 bits per heavy atom. The van der Waals surface area contributed by atoms with Gasteiger partial charge in [-0.15, -0.1) is 11.3 Å². The molecule has 1 fully saturated rings. The Hall–Kier alpha value is -2.74. The van der Waals surface area contributed by atoms with E-state index in [9.17, 15) is 14.4 Å². The normalized spacial score (nSPS) is 17.7. The van der Waals surface area contributed by atoms with Gasteiger partial charge >= 0.3 is 0 Å². The number of Topliss-reactive ketones (excluding diaryl/α,β-unsaturated/α-hetero) is 1. The maximum Gasteiger partial charge on any atom is 0.300 e. The SMILES string of the molecule is COc1ccc2c(c1)C(=O)C(=O)N2C(CC1CCCC1)C(=O)Nc1nccs1. The summed E-state index contributed by atoms with van der Waals surface area (Å²) in [5.74, 6) is -0.724. The van der Waals surface area contributed by atoms with E-state index in [1.54, 1.807) is 29.8 Å². The Bertz CT molecular complexity index is 906. The number of fused-ring (bicyclic) bond motifs is 1. The minimum Gasteiger partial charge on any atom is -0.497 e. The zero-order valence-corrected chi connectivity index (χ0v) is 16.3. The highest BCUT2D eigenvalue weighted by Gasteiger charge is 2.43. The van der Waals surface area contributed by atoms with Gasteiger partial charge < -0.3 is 10.1 Å². The Kier molecular flexibility index (Phi) is 5.13. The zero-order valence-electron chi connectivity index (χ0n) is 15.5. The lowest BCUT2D eigenvalue weighted by Crippen LogP contribution is -2.47. The number of aromatic nitrogens is 1. The van der Waals surface area contributed by atoms with Crippen LogP contribution in [0.5, 0.6) is 5.75 Å². The molecule has 1 N–H and O–H groups in total. The van der Waals surface area contributed by atoms with Gasteiger partial charge in [0.05, 0.1) is 18.4 Å². The summed E-state index contributed by atoms with van der Waals surface area (Å²) in [6, 6.07) is 4.18. The molecule has 1 aliphatic carbocycles. The second kappa shape index (κ2) is 7.71. The number of benzene rings is 1. The molecule has 146 valence electrons. The third-order valence-electron chi connectivity index (χ3n) is 5.43. The van der Waals surface area contributed by atoms with Crippen molar-refractivity contribution in [3.63, 3.8) is 0 Å². The van der Waals surface area contributed by atoms with Crippen LogP contribution in [-0.4, -0.2) is 35.7 Å². The van der Waals surface area contributed by atoms with E-state index in [2.05, 4.69) is 10.3 Å². The minimum absolute atomic E-state index is 0.280. The van der Waals surface area contributed by atoms with Crippen molar-refractivity contribution in [1.82, 2.24) is 4.98 Å². The van der Waals surface area contributed by atoms with Crippen molar-refractivity contribution < 1.29 is 19.1 Å². The van der Waals surface area contributed by atoms with E-state index in [1.807, 2.05) is 0 Å². The maximum atomic E-state index is 13.1. The molecule has 2 aliphatic rings. The number of thiazole rings is 1. The van der Waals surface area contributed by atoms with Crippen LogP contribution in [0.1, 0.15) is 42.5 Å². The van der Waals surface area contributed by atoms with Crippen LogP contribution in [0.3, 0.4) is 0 Å². The second-order valence-electron chi connectivity index (χ2n) is 7.12. The maximum absolute atomic E-state index is 13.1. The topological polar surface area (TPSA) is 88.6 Å². The number of amides is 2. The summed E-state index contributed by atoms with van der Waals surface area (Å²) in [6.45, 7) is 0. The van der Waals surface area contributed by atoms with Crippen LogP contribution >= 0.6 is 11.3 Å². The molecule has 8 heteroatoms. The molecule has 1 unspecified atom stereocenters. The van der Waals surface area contributed by atoms with Crippen LogP contribution in [0.15, 0.2) is 29.8 Å². The van der Waals surface area contributed by atoms with Gasteiger partial charge in [-0.05, 0) is 30.5 Å². The zero-order chi connectivity index (χ0) is 19.7. The fourth-order valence-corrected chi connectivity index (χ4v) is 4.57. The van der Waals surface area contributed by atoms with Gasteiger partial charge in [-0.2, -0.15) is 0 Å². The summed E-state index contributed by atoms with van der Waals surface area (Å²) in [7, 11) is 1.51. The van der Waals surface area contributed by atoms with E-state index in [0.717, 1.165) is 25.7 Å². The smallest absolute Gasteiger partial charge is 0.300 e. The molecular formula is C20H21N3O4S. The number of nitrogens with one attached hydrogen (secondary N) is 1. The number of ether oxygens (including phenoxy) is 1. The second-order valence-corrected chi connectivity index (χ2v) is 8.01. The van der Waals surface area contributed by atoms with E-state index in [0.29, 0.717) is 28.9 Å². The number of hydrogen-bond donors (Lipinski definition) is 1. The molecule has 1 saturated carbocycles. The lowest BCUT2D eigenvalue weighted by Gasteiger charge is -2.29. The molecule has 7 nitrogen and oxygen atoms in total. The van der Waals surface area contributed by atoms with Gasteiger partial charge in [-0.25, -0.2) is 4.98 Å². The molecule has 2 amide bonds. The van der Waals surface area contributed by atoms with Crippen LogP contribution in [-0.2, 0) is 9.59 Å². The molecule has 0 saturated heterocycles. The Morgan fingerprint density at radius 1 is 1.36 bits per heavy atom. The molecule has 2 heterocycles. The average molecular weight is 399 g/mol. The van der Waals surface area contributed by atoms with Crippen LogP contribution in [0.25, 0.3) is 0 Å². The van der Waals surface area contributed by atoms with Crippen LogP contribution in [0, 0.1) is 5.92 Å². The summed E-state index contributed by atoms with van der Waals surface area (Å²) in [6.07, 6.45) is 6.47. The predicted molar refractivity (Wildman–Crippen MR) is 106 cm³/mol. The molecule has 1 aromatic carbocycles. The summed E-state index contributed by atoms with van der Waals surface area (Å²) in [5.41, 5.74) is 0.746. The number of carbonyl (C=O) groups excluding carboxylic acids is 3. The summed E-state index contributed by atoms with van der Waals surface area (Å²) in [4.78, 5) is 43.9. The van der Waals surface area contributed by atoms with Crippen molar-refractivity contribution in [2.75, 3.05) is 17.3 Å². The number of anilines is 2. The molecule has 1 aliphatic heterocycles. The number of nitrogens with zero attached hydrogens (tertiary/aromatic N) is 2. The Balaban J connectivity index is 1.68. The van der Waals surface area contributed by atoms with Gasteiger partial charge in [0.1, 0.15) is 11.8 Å². The van der Waals surface area contributed by atoms with Crippen molar-refractivity contribution in [1.29, 1.82) is 0 Å². The highest BCUT2D eigenvalue weighted by Crippen LogP contribution is 2.37. The number of rotatable bonds is 6. The van der Waals surface area contributed by atoms with Crippen LogP contribution < -0.4 is 15.0 Å². The molecule has 28 heavy (non-hydrogen) atoms. The third-order valence-corrected chi connectivity index (χ3v) is 6.12. The van der Waals surface area contributed by atoms with Gasteiger partial charge in [-0.3, -0.25) is 19.3 Å². The van der Waals surface area contributed by atoms with Crippen molar-refractivity contribution in [2.45, 2.75) is 38.1 Å². The van der Waals surface area contributed by atoms with Gasteiger partial charge in [-0.1, -0.05) is 25.7 Å². The molecule has 0 spiro atoms. The van der Waals surface area contributed by atoms with Crippen molar-refractivity contribution in [2.24, 2.45) is 5.92 Å². The van der Waals surface area contributed by atoms with Gasteiger partial charge in [0.15, 0.2) is 5.13 Å². The lowest BCUT2D eigenvalue weighted by molar-refractivity contribution is -0.121. The first kappa shape index (κ1) is 18.6. The Morgan fingerprint density at radius 3 is 2.82 bits per heavy atom. The Labute approximate surface area is 166 Å². The van der Waals surface area contributed by atoms with E-state index >= 15 is 0 Å². The first-order valence-electron chi connectivity index (χ1n) is 9.34. The highest BCUT2D eigenvalue weighted by atomic mass is 32.1. The number of ketones is 1. The third kappa shape index (κ3) is 3.40. The predicted octanol–water partition coefficient (Wildman–Crippen LogP) is 3.27. The average Bonchev–Trinajstić information content (AvgIpc) is 3.44. The summed E-state index contributed by atoms with van der Waals surface area (Å²) >= 11 is 1.32. The highest BCUT2D eigenvalue weighted by molar-refractivity contribution is 7.13. The monoisotopic (exact) mass is 399 g/mol. The molecule has 1 atom stereocenters. The number of methoxy groups -OCH3 is 1. The van der Waals surface area contributed by atoms with Gasteiger partial charge in [0, 0.05) is 11.6 Å².